The molecule has 0 aromatic rings. The Hall–Kier alpha value is -1.10. The summed E-state index contributed by atoms with van der Waals surface area (Å²) < 4.78 is 0. The van der Waals surface area contributed by atoms with Gasteiger partial charge in [0.1, 0.15) is 6.54 Å². The minimum absolute atomic E-state index is 0.0143. The second-order valence-corrected chi connectivity index (χ2v) is 7.46. The molecule has 0 spiro atoms. The van der Waals surface area contributed by atoms with Crippen molar-refractivity contribution < 1.29 is 19.6 Å². The summed E-state index contributed by atoms with van der Waals surface area (Å²) in [6.07, 6.45) is 14.6. The molecule has 5 heteroatoms. The first-order valence-electron chi connectivity index (χ1n) is 10.3. The second-order valence-electron chi connectivity index (χ2n) is 7.46. The third-order valence-electron chi connectivity index (χ3n) is 4.52. The van der Waals surface area contributed by atoms with Crippen molar-refractivity contribution in [3.63, 3.8) is 0 Å². The van der Waals surface area contributed by atoms with Gasteiger partial charge < -0.3 is 20.1 Å². The Morgan fingerprint density at radius 1 is 0.920 bits per heavy atom. The number of rotatable bonds is 17. The number of carboxylic acid groups (broad SMARTS) is 1. The molecule has 148 valence electrons. The van der Waals surface area contributed by atoms with Gasteiger partial charge in [0.15, 0.2) is 0 Å². The summed E-state index contributed by atoms with van der Waals surface area (Å²) in [6, 6.07) is -0.0143. The van der Waals surface area contributed by atoms with E-state index in [1.807, 2.05) is 6.92 Å². The van der Waals surface area contributed by atoms with Gasteiger partial charge in [0, 0.05) is 6.42 Å². The Labute approximate surface area is 154 Å². The molecule has 2 unspecified atom stereocenters. The first kappa shape index (κ1) is 23.9. The highest BCUT2D eigenvalue weighted by Gasteiger charge is 2.12. The zero-order valence-electron chi connectivity index (χ0n) is 16.7. The minimum Gasteiger partial charge on any atom is -0.544 e. The highest BCUT2D eigenvalue weighted by atomic mass is 16.4. The molecule has 0 aliphatic rings. The SMILES string of the molecule is CCCCCCCCCCCCCC(=O)NC(C)C[NH+](C)CC(=O)[O-]. The van der Waals surface area contributed by atoms with Gasteiger partial charge in [0.25, 0.3) is 0 Å². The van der Waals surface area contributed by atoms with Crippen LogP contribution < -0.4 is 15.3 Å². The molecule has 0 saturated heterocycles. The van der Waals surface area contributed by atoms with Crippen LogP contribution in [0.3, 0.4) is 0 Å². The number of aliphatic carboxylic acids is 1. The molecule has 0 fully saturated rings. The summed E-state index contributed by atoms with van der Waals surface area (Å²) >= 11 is 0. The fourth-order valence-corrected chi connectivity index (χ4v) is 3.19. The maximum atomic E-state index is 11.9. The smallest absolute Gasteiger partial charge is 0.220 e. The van der Waals surface area contributed by atoms with Crippen LogP contribution in [0.25, 0.3) is 0 Å². The summed E-state index contributed by atoms with van der Waals surface area (Å²) in [6.45, 7) is 4.73. The van der Waals surface area contributed by atoms with E-state index in [1.54, 1.807) is 7.05 Å². The lowest BCUT2D eigenvalue weighted by atomic mass is 10.1. The summed E-state index contributed by atoms with van der Waals surface area (Å²) in [7, 11) is 1.79. The maximum Gasteiger partial charge on any atom is 0.220 e. The molecule has 0 aromatic heterocycles. The Morgan fingerprint density at radius 3 is 1.88 bits per heavy atom. The molecule has 0 aliphatic carbocycles. The zero-order valence-corrected chi connectivity index (χ0v) is 16.7. The fourth-order valence-electron chi connectivity index (χ4n) is 3.19. The van der Waals surface area contributed by atoms with Crippen molar-refractivity contribution in [3.05, 3.63) is 0 Å². The predicted molar refractivity (Wildman–Crippen MR) is 100 cm³/mol. The summed E-state index contributed by atoms with van der Waals surface area (Å²) in [5.74, 6) is -0.985. The number of quaternary nitrogens is 1. The second kappa shape index (κ2) is 16.4. The number of unbranched alkanes of at least 4 members (excludes halogenated alkanes) is 10. The molecular formula is C20H40N2O3. The van der Waals surface area contributed by atoms with Crippen molar-refractivity contribution in [2.75, 3.05) is 20.1 Å². The van der Waals surface area contributed by atoms with Crippen molar-refractivity contribution in [2.24, 2.45) is 0 Å². The number of hydrogen-bond acceptors (Lipinski definition) is 3. The van der Waals surface area contributed by atoms with Crippen molar-refractivity contribution in [2.45, 2.75) is 96.9 Å². The van der Waals surface area contributed by atoms with Crippen LogP contribution in [0.1, 0.15) is 90.9 Å². The highest BCUT2D eigenvalue weighted by Crippen LogP contribution is 2.11. The number of carboxylic acids is 1. The number of likely N-dealkylation sites (N-methyl/N-ethyl adjacent to an activating group) is 1. The minimum atomic E-state index is -1.06. The van der Waals surface area contributed by atoms with Crippen molar-refractivity contribution in [1.82, 2.24) is 5.32 Å². The fraction of sp³-hybridized carbons (Fsp3) is 0.900. The molecule has 0 aromatic carbocycles. The molecule has 0 radical (unpaired) electrons. The molecule has 0 saturated carbocycles. The molecule has 5 nitrogen and oxygen atoms in total. The van der Waals surface area contributed by atoms with Crippen molar-refractivity contribution in [3.8, 4) is 0 Å². The van der Waals surface area contributed by atoms with Crippen LogP contribution in [0, 0.1) is 0 Å². The van der Waals surface area contributed by atoms with Gasteiger partial charge in [-0.15, -0.1) is 0 Å². The van der Waals surface area contributed by atoms with Gasteiger partial charge >= 0.3 is 0 Å². The summed E-state index contributed by atoms with van der Waals surface area (Å²) in [4.78, 5) is 23.2. The van der Waals surface area contributed by atoms with Crippen LogP contribution in [0.2, 0.25) is 0 Å². The Balaban J connectivity index is 3.44. The van der Waals surface area contributed by atoms with Crippen LogP contribution in [-0.4, -0.2) is 38.1 Å². The molecule has 1 amide bonds. The lowest BCUT2D eigenvalue weighted by molar-refractivity contribution is -0.874. The third-order valence-corrected chi connectivity index (χ3v) is 4.52. The lowest BCUT2D eigenvalue weighted by Crippen LogP contribution is -3.11. The molecular weight excluding hydrogens is 316 g/mol. The molecule has 0 bridgehead atoms. The van der Waals surface area contributed by atoms with E-state index in [2.05, 4.69) is 12.2 Å². The van der Waals surface area contributed by atoms with E-state index in [0.29, 0.717) is 13.0 Å². The van der Waals surface area contributed by atoms with E-state index in [0.717, 1.165) is 17.7 Å². The van der Waals surface area contributed by atoms with Gasteiger partial charge in [0.2, 0.25) is 5.91 Å². The van der Waals surface area contributed by atoms with E-state index < -0.39 is 5.97 Å². The topological polar surface area (TPSA) is 73.7 Å². The normalized spacial score (nSPS) is 13.4. The maximum absolute atomic E-state index is 11.9. The Bertz CT molecular complexity index is 348. The lowest BCUT2D eigenvalue weighted by Gasteiger charge is -2.20. The number of amides is 1. The van der Waals surface area contributed by atoms with E-state index in [4.69, 9.17) is 0 Å². The van der Waals surface area contributed by atoms with Gasteiger partial charge in [-0.25, -0.2) is 0 Å². The van der Waals surface area contributed by atoms with Crippen LogP contribution in [0.5, 0.6) is 0 Å². The molecule has 2 atom stereocenters. The van der Waals surface area contributed by atoms with Gasteiger partial charge in [-0.05, 0) is 13.3 Å². The Kier molecular flexibility index (Phi) is 15.7. The third kappa shape index (κ3) is 17.5. The van der Waals surface area contributed by atoms with Gasteiger partial charge in [-0.3, -0.25) is 4.79 Å². The van der Waals surface area contributed by atoms with Crippen LogP contribution >= 0.6 is 0 Å². The Morgan fingerprint density at radius 2 is 1.40 bits per heavy atom. The van der Waals surface area contributed by atoms with E-state index in [1.165, 1.54) is 57.8 Å². The zero-order chi connectivity index (χ0) is 18.9. The monoisotopic (exact) mass is 356 g/mol. The highest BCUT2D eigenvalue weighted by molar-refractivity contribution is 5.76. The van der Waals surface area contributed by atoms with E-state index >= 15 is 0 Å². The molecule has 25 heavy (non-hydrogen) atoms. The first-order valence-corrected chi connectivity index (χ1v) is 10.3. The largest absolute Gasteiger partial charge is 0.544 e. The summed E-state index contributed by atoms with van der Waals surface area (Å²) in [5.41, 5.74) is 0. The van der Waals surface area contributed by atoms with Crippen molar-refractivity contribution >= 4 is 11.9 Å². The van der Waals surface area contributed by atoms with Gasteiger partial charge in [0.05, 0.1) is 25.6 Å². The number of carbonyl (C=O) groups excluding carboxylic acids is 2. The molecule has 2 N–H and O–H groups in total. The van der Waals surface area contributed by atoms with Gasteiger partial charge in [-0.1, -0.05) is 71.1 Å². The quantitative estimate of drug-likeness (QED) is 0.388. The molecule has 0 aliphatic heterocycles. The molecule has 0 heterocycles. The number of carbonyl (C=O) groups is 2. The average molecular weight is 357 g/mol. The average Bonchev–Trinajstić information content (AvgIpc) is 2.51. The van der Waals surface area contributed by atoms with Crippen molar-refractivity contribution in [1.29, 1.82) is 0 Å². The van der Waals surface area contributed by atoms with Crippen LogP contribution in [0.15, 0.2) is 0 Å². The van der Waals surface area contributed by atoms with Gasteiger partial charge in [-0.2, -0.15) is 0 Å². The molecule has 0 rings (SSSR count). The standard InChI is InChI=1S/C20H40N2O3/c1-4-5-6-7-8-9-10-11-12-13-14-15-19(23)21-18(2)16-22(3)17-20(24)25/h18H,4-17H2,1-3H3,(H,21,23)(H,24,25). The first-order chi connectivity index (χ1) is 12.0. The number of hydrogen-bond donors (Lipinski definition) is 2. The summed E-state index contributed by atoms with van der Waals surface area (Å²) in [5, 5.41) is 13.5. The predicted octanol–water partition coefficient (Wildman–Crippen LogP) is 1.46. The van der Waals surface area contributed by atoms with E-state index in [9.17, 15) is 14.7 Å². The number of nitrogens with one attached hydrogen (secondary N) is 2. The van der Waals surface area contributed by atoms with Crippen LogP contribution in [-0.2, 0) is 9.59 Å². The van der Waals surface area contributed by atoms with Crippen LogP contribution in [0.4, 0.5) is 0 Å². The van der Waals surface area contributed by atoms with E-state index in [-0.39, 0.29) is 18.5 Å².